The molecule has 29 heavy (non-hydrogen) atoms. The molecule has 1 saturated carbocycles. The number of hydrogen-bond donors (Lipinski definition) is 2. The molecule has 2 fully saturated rings. The number of nitrogens with one attached hydrogen (secondary N) is 2. The summed E-state index contributed by atoms with van der Waals surface area (Å²) in [7, 11) is 0. The van der Waals surface area contributed by atoms with Crippen LogP contribution in [0, 0.1) is 5.92 Å². The van der Waals surface area contributed by atoms with Crippen LogP contribution in [0.3, 0.4) is 0 Å². The fourth-order valence-corrected chi connectivity index (χ4v) is 5.23. The molecule has 1 aromatic carbocycles. The average Bonchev–Trinajstić information content (AvgIpc) is 3.26. The Morgan fingerprint density at radius 3 is 2.93 bits per heavy atom. The van der Waals surface area contributed by atoms with Gasteiger partial charge in [0.2, 0.25) is 11.0 Å². The molecule has 1 aliphatic heterocycles. The highest BCUT2D eigenvalue weighted by Gasteiger charge is 2.25. The Bertz CT molecular complexity index is 961. The van der Waals surface area contributed by atoms with E-state index in [-0.39, 0.29) is 5.91 Å². The van der Waals surface area contributed by atoms with Gasteiger partial charge in [0, 0.05) is 18.9 Å². The molecule has 2 aliphatic rings. The van der Waals surface area contributed by atoms with E-state index in [0.717, 1.165) is 47.8 Å². The number of carbonyl (C=O) groups excluding carboxylic acids is 1. The number of anilines is 1. The smallest absolute Gasteiger partial charge is 0.240 e. The number of H-pyrrole nitrogens is 1. The van der Waals surface area contributed by atoms with E-state index in [1.165, 1.54) is 37.0 Å². The molecule has 2 N–H and O–H groups in total. The average molecular weight is 411 g/mol. The third kappa shape index (κ3) is 4.33. The first-order valence-corrected chi connectivity index (χ1v) is 11.3. The molecular formula is C21H26N6OS. The summed E-state index contributed by atoms with van der Waals surface area (Å²) in [5.41, 5.74) is 2.11. The molecule has 3 aromatic rings. The van der Waals surface area contributed by atoms with Gasteiger partial charge in [-0.1, -0.05) is 29.9 Å². The summed E-state index contributed by atoms with van der Waals surface area (Å²) in [6, 6.07) is 8.14. The lowest BCUT2D eigenvalue weighted by atomic mass is 9.86. The minimum atomic E-state index is 0.00527. The maximum absolute atomic E-state index is 12.5. The molecule has 152 valence electrons. The third-order valence-corrected chi connectivity index (χ3v) is 7.03. The summed E-state index contributed by atoms with van der Waals surface area (Å²) < 4.78 is 0. The first-order valence-electron chi connectivity index (χ1n) is 10.5. The van der Waals surface area contributed by atoms with E-state index in [9.17, 15) is 4.79 Å². The predicted octanol–water partition coefficient (Wildman–Crippen LogP) is 3.58. The normalized spacial score (nSPS) is 20.6. The lowest BCUT2D eigenvalue weighted by molar-refractivity contribution is -0.117. The van der Waals surface area contributed by atoms with Gasteiger partial charge < -0.3 is 4.98 Å². The van der Waals surface area contributed by atoms with Crippen LogP contribution in [0.15, 0.2) is 24.3 Å². The number of hydrogen-bond acceptors (Lipinski definition) is 6. The molecule has 1 amide bonds. The second-order valence-electron chi connectivity index (χ2n) is 8.27. The Balaban J connectivity index is 1.14. The van der Waals surface area contributed by atoms with Gasteiger partial charge in [-0.25, -0.2) is 4.98 Å². The van der Waals surface area contributed by atoms with Gasteiger partial charge in [-0.2, -0.15) is 0 Å². The van der Waals surface area contributed by atoms with E-state index in [1.54, 1.807) is 0 Å². The molecule has 0 radical (unpaired) electrons. The van der Waals surface area contributed by atoms with Crippen LogP contribution < -0.4 is 5.32 Å². The number of likely N-dealkylation sites (tertiary alicyclic amines) is 1. The van der Waals surface area contributed by atoms with Gasteiger partial charge in [0.05, 0.1) is 17.6 Å². The number of imidazole rings is 1. The second kappa shape index (κ2) is 8.20. The van der Waals surface area contributed by atoms with E-state index < -0.39 is 0 Å². The lowest BCUT2D eigenvalue weighted by Crippen LogP contribution is -2.41. The van der Waals surface area contributed by atoms with Crippen LogP contribution in [-0.4, -0.2) is 50.6 Å². The van der Waals surface area contributed by atoms with E-state index >= 15 is 0 Å². The molecule has 1 aliphatic carbocycles. The van der Waals surface area contributed by atoms with Gasteiger partial charge in [0.25, 0.3) is 0 Å². The number of nitrogens with zero attached hydrogens (tertiary/aromatic N) is 4. The zero-order valence-electron chi connectivity index (χ0n) is 16.4. The van der Waals surface area contributed by atoms with Crippen LogP contribution in [0.2, 0.25) is 0 Å². The Labute approximate surface area is 173 Å². The van der Waals surface area contributed by atoms with Gasteiger partial charge in [-0.05, 0) is 50.3 Å². The molecule has 0 bridgehead atoms. The van der Waals surface area contributed by atoms with Crippen LogP contribution in [0.4, 0.5) is 5.13 Å². The summed E-state index contributed by atoms with van der Waals surface area (Å²) in [5.74, 6) is 2.12. The third-order valence-electron chi connectivity index (χ3n) is 6.03. The quantitative estimate of drug-likeness (QED) is 0.649. The highest BCUT2D eigenvalue weighted by molar-refractivity contribution is 7.15. The number of carbonyl (C=O) groups is 1. The number of amides is 1. The van der Waals surface area contributed by atoms with E-state index in [0.29, 0.717) is 23.5 Å². The molecule has 2 aromatic heterocycles. The summed E-state index contributed by atoms with van der Waals surface area (Å²) >= 11 is 1.53. The minimum Gasteiger partial charge on any atom is -0.342 e. The first-order chi connectivity index (χ1) is 14.2. The number of benzene rings is 1. The topological polar surface area (TPSA) is 86.8 Å². The van der Waals surface area contributed by atoms with E-state index in [4.69, 9.17) is 4.98 Å². The van der Waals surface area contributed by atoms with E-state index in [1.807, 2.05) is 18.2 Å². The zero-order chi connectivity index (χ0) is 19.6. The van der Waals surface area contributed by atoms with Gasteiger partial charge in [-0.3, -0.25) is 15.0 Å². The highest BCUT2D eigenvalue weighted by Crippen LogP contribution is 2.38. The molecule has 8 heteroatoms. The van der Waals surface area contributed by atoms with Crippen LogP contribution in [-0.2, 0) is 11.2 Å². The van der Waals surface area contributed by atoms with Gasteiger partial charge in [0.15, 0.2) is 0 Å². The number of aromatic amines is 1. The van der Waals surface area contributed by atoms with E-state index in [2.05, 4.69) is 31.5 Å². The van der Waals surface area contributed by atoms with Crippen molar-refractivity contribution in [2.24, 2.45) is 5.92 Å². The lowest BCUT2D eigenvalue weighted by Gasteiger charge is -2.31. The highest BCUT2D eigenvalue weighted by atomic mass is 32.1. The SMILES string of the molecule is O=C(CN1CCCC(Cc2nc3ccccc3[nH]2)C1)Nc1nnc(C2CCC2)s1. The van der Waals surface area contributed by atoms with Crippen molar-refractivity contribution in [3.8, 4) is 0 Å². The number of rotatable bonds is 6. The van der Waals surface area contributed by atoms with Crippen molar-refractivity contribution < 1.29 is 4.79 Å². The van der Waals surface area contributed by atoms with Crippen molar-refractivity contribution in [1.29, 1.82) is 0 Å². The molecule has 3 heterocycles. The van der Waals surface area contributed by atoms with Crippen molar-refractivity contribution in [3.05, 3.63) is 35.1 Å². The monoisotopic (exact) mass is 410 g/mol. The Morgan fingerprint density at radius 1 is 1.21 bits per heavy atom. The Morgan fingerprint density at radius 2 is 2.10 bits per heavy atom. The fourth-order valence-electron chi connectivity index (χ4n) is 4.30. The largest absolute Gasteiger partial charge is 0.342 e. The maximum atomic E-state index is 12.5. The van der Waals surface area contributed by atoms with Crippen LogP contribution >= 0.6 is 11.3 Å². The number of para-hydroxylation sites is 2. The minimum absolute atomic E-state index is 0.00527. The standard InChI is InChI=1S/C21H26N6OS/c28-19(24-21-26-25-20(29-21)15-6-3-7-15)13-27-10-4-5-14(12-27)11-18-22-16-8-1-2-9-17(16)23-18/h1-2,8-9,14-15H,3-7,10-13H2,(H,22,23)(H,24,26,28). The zero-order valence-corrected chi connectivity index (χ0v) is 17.2. The van der Waals surface area contributed by atoms with Crippen LogP contribution in [0.5, 0.6) is 0 Å². The predicted molar refractivity (Wildman–Crippen MR) is 114 cm³/mol. The maximum Gasteiger partial charge on any atom is 0.240 e. The summed E-state index contributed by atoms with van der Waals surface area (Å²) in [5, 5.41) is 13.0. The first kappa shape index (κ1) is 18.7. The summed E-state index contributed by atoms with van der Waals surface area (Å²) in [6.07, 6.45) is 6.88. The van der Waals surface area contributed by atoms with Gasteiger partial charge in [-0.15, -0.1) is 10.2 Å². The molecule has 1 saturated heterocycles. The van der Waals surface area contributed by atoms with Crippen LogP contribution in [0.25, 0.3) is 11.0 Å². The Kier molecular flexibility index (Phi) is 5.28. The molecule has 1 unspecified atom stereocenters. The van der Waals surface area contributed by atoms with Crippen molar-refractivity contribution in [1.82, 2.24) is 25.1 Å². The molecule has 1 atom stereocenters. The number of fused-ring (bicyclic) bond motifs is 1. The second-order valence-corrected chi connectivity index (χ2v) is 9.28. The van der Waals surface area contributed by atoms with Crippen molar-refractivity contribution in [2.45, 2.75) is 44.4 Å². The number of aromatic nitrogens is 4. The molecular weight excluding hydrogens is 384 g/mol. The van der Waals surface area contributed by atoms with Crippen molar-refractivity contribution in [3.63, 3.8) is 0 Å². The van der Waals surface area contributed by atoms with Gasteiger partial charge in [0.1, 0.15) is 10.8 Å². The van der Waals surface area contributed by atoms with Crippen LogP contribution in [0.1, 0.15) is 48.9 Å². The summed E-state index contributed by atoms with van der Waals surface area (Å²) in [4.78, 5) is 22.9. The summed E-state index contributed by atoms with van der Waals surface area (Å²) in [6.45, 7) is 2.30. The fraction of sp³-hybridized carbons (Fsp3) is 0.524. The molecule has 7 nitrogen and oxygen atoms in total. The Hall–Kier alpha value is -2.32. The van der Waals surface area contributed by atoms with Crippen molar-refractivity contribution >= 4 is 33.4 Å². The van der Waals surface area contributed by atoms with Crippen molar-refractivity contribution in [2.75, 3.05) is 25.0 Å². The molecule has 5 rings (SSSR count). The number of piperidine rings is 1. The molecule has 0 spiro atoms. The van der Waals surface area contributed by atoms with Gasteiger partial charge >= 0.3 is 0 Å².